The highest BCUT2D eigenvalue weighted by Gasteiger charge is 2.34. The molecule has 186 valence electrons. The van der Waals surface area contributed by atoms with E-state index in [1.807, 2.05) is 39.0 Å². The first-order valence-electron chi connectivity index (χ1n) is 11.9. The van der Waals surface area contributed by atoms with Gasteiger partial charge in [0.15, 0.2) is 0 Å². The SMILES string of the molecule is CC(C)C#Cc1cnc2c(c1)C(=O)N([C@@H](C)CO)C[C@H](C)[C@@H](CN(C)C(=O)Cc1ccccn1)O2. The van der Waals surface area contributed by atoms with E-state index in [-0.39, 0.29) is 48.6 Å². The molecule has 3 heterocycles. The monoisotopic (exact) mass is 478 g/mol. The fourth-order valence-electron chi connectivity index (χ4n) is 3.78. The third-order valence-electron chi connectivity index (χ3n) is 5.96. The molecule has 0 saturated carbocycles. The normalized spacial score (nSPS) is 18.5. The lowest BCUT2D eigenvalue weighted by atomic mass is 9.99. The number of rotatable bonds is 6. The number of hydrogen-bond donors (Lipinski definition) is 1. The maximum Gasteiger partial charge on any atom is 0.259 e. The average molecular weight is 479 g/mol. The first-order chi connectivity index (χ1) is 16.7. The molecule has 8 nitrogen and oxygen atoms in total. The van der Waals surface area contributed by atoms with Gasteiger partial charge in [-0.15, -0.1) is 0 Å². The fraction of sp³-hybridized carbons (Fsp3) is 0.481. The van der Waals surface area contributed by atoms with Crippen LogP contribution < -0.4 is 4.74 Å². The summed E-state index contributed by atoms with van der Waals surface area (Å²) in [6.45, 7) is 8.28. The molecule has 1 aliphatic heterocycles. The lowest BCUT2D eigenvalue weighted by Crippen LogP contribution is -2.50. The van der Waals surface area contributed by atoms with E-state index in [1.54, 1.807) is 42.2 Å². The highest BCUT2D eigenvalue weighted by molar-refractivity contribution is 5.97. The van der Waals surface area contributed by atoms with Gasteiger partial charge in [0.2, 0.25) is 11.8 Å². The van der Waals surface area contributed by atoms with Gasteiger partial charge >= 0.3 is 0 Å². The Morgan fingerprint density at radius 2 is 2.09 bits per heavy atom. The summed E-state index contributed by atoms with van der Waals surface area (Å²) in [5.74, 6) is 6.08. The van der Waals surface area contributed by atoms with Gasteiger partial charge in [0.05, 0.1) is 25.6 Å². The molecule has 3 rings (SSSR count). The fourth-order valence-corrected chi connectivity index (χ4v) is 3.78. The molecule has 2 amide bonds. The second-order valence-electron chi connectivity index (χ2n) is 9.40. The Labute approximate surface area is 207 Å². The number of carbonyl (C=O) groups excluding carboxylic acids is 2. The Bertz CT molecular complexity index is 1090. The van der Waals surface area contributed by atoms with E-state index >= 15 is 0 Å². The highest BCUT2D eigenvalue weighted by Crippen LogP contribution is 2.27. The smallest absolute Gasteiger partial charge is 0.259 e. The first-order valence-corrected chi connectivity index (χ1v) is 11.9. The minimum atomic E-state index is -0.409. The van der Waals surface area contributed by atoms with Crippen molar-refractivity contribution in [3.63, 3.8) is 0 Å². The first kappa shape index (κ1) is 26.2. The van der Waals surface area contributed by atoms with Crippen LogP contribution in [0.15, 0.2) is 36.7 Å². The molecule has 35 heavy (non-hydrogen) atoms. The number of carbonyl (C=O) groups is 2. The van der Waals surface area contributed by atoms with Gasteiger partial charge in [-0.1, -0.05) is 38.7 Å². The van der Waals surface area contributed by atoms with Gasteiger partial charge in [-0.25, -0.2) is 4.98 Å². The Kier molecular flexibility index (Phi) is 8.83. The molecule has 0 aliphatic carbocycles. The van der Waals surface area contributed by atoms with Crippen molar-refractivity contribution in [1.29, 1.82) is 0 Å². The van der Waals surface area contributed by atoms with Crippen LogP contribution in [-0.2, 0) is 11.2 Å². The number of likely N-dealkylation sites (N-methyl/N-ethyl adjacent to an activating group) is 1. The number of pyridine rings is 2. The molecule has 0 unspecified atom stereocenters. The van der Waals surface area contributed by atoms with Gasteiger partial charge in [0.1, 0.15) is 11.7 Å². The number of aromatic nitrogens is 2. The topological polar surface area (TPSA) is 95.9 Å². The Balaban J connectivity index is 1.89. The van der Waals surface area contributed by atoms with Gasteiger partial charge in [0, 0.05) is 49.1 Å². The van der Waals surface area contributed by atoms with Crippen molar-refractivity contribution in [3.8, 4) is 17.7 Å². The van der Waals surface area contributed by atoms with E-state index in [2.05, 4.69) is 21.8 Å². The van der Waals surface area contributed by atoms with Crippen molar-refractivity contribution < 1.29 is 19.4 Å². The zero-order valence-corrected chi connectivity index (χ0v) is 21.1. The van der Waals surface area contributed by atoms with Crippen LogP contribution in [0.25, 0.3) is 0 Å². The summed E-state index contributed by atoms with van der Waals surface area (Å²) in [4.78, 5) is 38.2. The quantitative estimate of drug-likeness (QED) is 0.641. The van der Waals surface area contributed by atoms with Crippen LogP contribution in [0.1, 0.15) is 49.3 Å². The van der Waals surface area contributed by atoms with Gasteiger partial charge < -0.3 is 19.6 Å². The summed E-state index contributed by atoms with van der Waals surface area (Å²) in [5.41, 5.74) is 1.63. The number of fused-ring (bicyclic) bond motifs is 1. The number of hydrogen-bond acceptors (Lipinski definition) is 6. The summed E-state index contributed by atoms with van der Waals surface area (Å²) < 4.78 is 6.25. The molecule has 0 spiro atoms. The molecular weight excluding hydrogens is 444 g/mol. The van der Waals surface area contributed by atoms with Gasteiger partial charge in [-0.3, -0.25) is 14.6 Å². The molecular formula is C27H34N4O4. The van der Waals surface area contributed by atoms with Crippen LogP contribution in [0.5, 0.6) is 5.88 Å². The predicted molar refractivity (Wildman–Crippen MR) is 133 cm³/mol. The number of aliphatic hydroxyl groups excluding tert-OH is 1. The lowest BCUT2D eigenvalue weighted by Gasteiger charge is -2.37. The largest absolute Gasteiger partial charge is 0.472 e. The van der Waals surface area contributed by atoms with Crippen molar-refractivity contribution in [3.05, 3.63) is 53.5 Å². The van der Waals surface area contributed by atoms with E-state index < -0.39 is 6.10 Å². The van der Waals surface area contributed by atoms with Crippen LogP contribution in [-0.4, -0.2) is 75.6 Å². The maximum atomic E-state index is 13.4. The molecule has 0 radical (unpaired) electrons. The standard InChI is InChI=1S/C27H34N4O4/c1-18(2)9-10-21-12-23-26(29-14-21)35-24(19(3)15-31(27(23)34)20(4)17-32)16-30(5)25(33)13-22-8-6-7-11-28-22/h6-8,11-12,14,18-20,24,32H,13,15-17H2,1-5H3/t19-,20-,24+/m0/s1. The number of amides is 2. The zero-order chi connectivity index (χ0) is 25.5. The minimum absolute atomic E-state index is 0.0780. The van der Waals surface area contributed by atoms with Crippen molar-refractivity contribution in [2.45, 2.75) is 46.3 Å². The van der Waals surface area contributed by atoms with Crippen molar-refractivity contribution in [1.82, 2.24) is 19.8 Å². The van der Waals surface area contributed by atoms with E-state index in [0.717, 1.165) is 0 Å². The molecule has 0 saturated heterocycles. The predicted octanol–water partition coefficient (Wildman–Crippen LogP) is 2.41. The summed E-state index contributed by atoms with van der Waals surface area (Å²) in [6, 6.07) is 6.80. The maximum absolute atomic E-state index is 13.4. The molecule has 0 bridgehead atoms. The van der Waals surface area contributed by atoms with E-state index in [1.165, 1.54) is 0 Å². The number of ether oxygens (including phenoxy) is 1. The number of nitrogens with zero attached hydrogens (tertiary/aromatic N) is 4. The third kappa shape index (κ3) is 6.80. The van der Waals surface area contributed by atoms with Gasteiger partial charge in [-0.2, -0.15) is 0 Å². The number of aliphatic hydroxyl groups is 1. The van der Waals surface area contributed by atoms with E-state index in [4.69, 9.17) is 4.74 Å². The second kappa shape index (κ2) is 11.8. The van der Waals surface area contributed by atoms with Crippen LogP contribution in [0.3, 0.4) is 0 Å². The second-order valence-corrected chi connectivity index (χ2v) is 9.40. The molecule has 8 heteroatoms. The van der Waals surface area contributed by atoms with Crippen molar-refractivity contribution >= 4 is 11.8 Å². The summed E-state index contributed by atoms with van der Waals surface area (Å²) in [5, 5.41) is 9.80. The average Bonchev–Trinajstić information content (AvgIpc) is 2.84. The summed E-state index contributed by atoms with van der Waals surface area (Å²) in [7, 11) is 1.73. The van der Waals surface area contributed by atoms with Gasteiger partial charge in [-0.05, 0) is 25.1 Å². The molecule has 0 fully saturated rings. The summed E-state index contributed by atoms with van der Waals surface area (Å²) >= 11 is 0. The molecule has 0 aromatic carbocycles. The van der Waals surface area contributed by atoms with Crippen LogP contribution in [0.4, 0.5) is 0 Å². The van der Waals surface area contributed by atoms with Crippen LogP contribution in [0, 0.1) is 23.7 Å². The zero-order valence-electron chi connectivity index (χ0n) is 21.1. The van der Waals surface area contributed by atoms with E-state index in [0.29, 0.717) is 29.9 Å². The van der Waals surface area contributed by atoms with Gasteiger partial charge in [0.25, 0.3) is 5.91 Å². The highest BCUT2D eigenvalue weighted by atomic mass is 16.5. The minimum Gasteiger partial charge on any atom is -0.472 e. The Hall–Kier alpha value is -3.44. The summed E-state index contributed by atoms with van der Waals surface area (Å²) in [6.07, 6.45) is 3.05. The molecule has 2 aromatic rings. The Morgan fingerprint density at radius 1 is 1.31 bits per heavy atom. The van der Waals surface area contributed by atoms with Crippen molar-refractivity contribution in [2.24, 2.45) is 11.8 Å². The van der Waals surface area contributed by atoms with Crippen molar-refractivity contribution in [2.75, 3.05) is 26.7 Å². The lowest BCUT2D eigenvalue weighted by molar-refractivity contribution is -0.130. The van der Waals surface area contributed by atoms with Crippen LogP contribution in [0.2, 0.25) is 0 Å². The third-order valence-corrected chi connectivity index (χ3v) is 5.96. The molecule has 2 aromatic heterocycles. The molecule has 1 N–H and O–H groups in total. The Morgan fingerprint density at radius 3 is 2.74 bits per heavy atom. The molecule has 1 aliphatic rings. The van der Waals surface area contributed by atoms with Crippen LogP contribution >= 0.6 is 0 Å². The molecule has 3 atom stereocenters. The van der Waals surface area contributed by atoms with E-state index in [9.17, 15) is 14.7 Å².